The van der Waals surface area contributed by atoms with Crippen LogP contribution in [0.25, 0.3) is 0 Å². The SMILES string of the molecule is CCCCCCCCCCCCCC/C=C\CCCCCCCCCCCCCCCC(=O)NC(COP(=O)([O-])OCC[N+](C)(C)C)C(O)/C=C/CCCCCCCCCCCCCCC. The minimum atomic E-state index is -4.59. The lowest BCUT2D eigenvalue weighted by Gasteiger charge is -2.29. The molecule has 2 N–H and O–H groups in total. The maximum atomic E-state index is 12.9. The normalized spacial score (nSPS) is 14.1. The van der Waals surface area contributed by atoms with Crippen LogP contribution in [-0.4, -0.2) is 68.5 Å². The van der Waals surface area contributed by atoms with E-state index >= 15 is 0 Å². The molecule has 0 aliphatic heterocycles. The van der Waals surface area contributed by atoms with Gasteiger partial charge < -0.3 is 28.8 Å². The molecule has 0 rings (SSSR count). The highest BCUT2D eigenvalue weighted by Crippen LogP contribution is 2.38. The van der Waals surface area contributed by atoms with Gasteiger partial charge in [-0.3, -0.25) is 9.36 Å². The van der Waals surface area contributed by atoms with Crippen LogP contribution in [0.2, 0.25) is 0 Å². The van der Waals surface area contributed by atoms with Crippen LogP contribution in [0.4, 0.5) is 0 Å². The van der Waals surface area contributed by atoms with Gasteiger partial charge in [0.05, 0.1) is 39.9 Å². The van der Waals surface area contributed by atoms with Gasteiger partial charge >= 0.3 is 0 Å². The number of aliphatic hydroxyl groups excluding tert-OH is 1. The lowest BCUT2D eigenvalue weighted by molar-refractivity contribution is -0.870. The first-order valence-corrected chi connectivity index (χ1v) is 30.2. The van der Waals surface area contributed by atoms with Gasteiger partial charge in [0.2, 0.25) is 5.91 Å². The summed E-state index contributed by atoms with van der Waals surface area (Å²) in [6.07, 6.45) is 61.1. The van der Waals surface area contributed by atoms with Gasteiger partial charge in [-0.2, -0.15) is 0 Å². The summed E-state index contributed by atoms with van der Waals surface area (Å²) in [5.74, 6) is -0.194. The highest BCUT2D eigenvalue weighted by Gasteiger charge is 2.23. The molecule has 0 heterocycles. The lowest BCUT2D eigenvalue weighted by Crippen LogP contribution is -2.45. The van der Waals surface area contributed by atoms with E-state index in [2.05, 4.69) is 31.3 Å². The molecule has 66 heavy (non-hydrogen) atoms. The second kappa shape index (κ2) is 49.0. The third-order valence-electron chi connectivity index (χ3n) is 13.2. The van der Waals surface area contributed by atoms with Crippen LogP contribution in [-0.2, 0) is 18.4 Å². The minimum Gasteiger partial charge on any atom is -0.756 e. The average molecular weight is 954 g/mol. The molecule has 0 saturated heterocycles. The Morgan fingerprint density at radius 3 is 1.18 bits per heavy atom. The zero-order chi connectivity index (χ0) is 48.5. The molecule has 0 saturated carbocycles. The molecule has 0 aliphatic rings. The zero-order valence-electron chi connectivity index (χ0n) is 44.7. The Hall–Kier alpha value is -1.02. The highest BCUT2D eigenvalue weighted by atomic mass is 31.2. The second-order valence-corrected chi connectivity index (χ2v) is 22.4. The monoisotopic (exact) mass is 953 g/mol. The van der Waals surface area contributed by atoms with Crippen LogP contribution >= 0.6 is 7.82 Å². The van der Waals surface area contributed by atoms with Crippen molar-refractivity contribution in [3.63, 3.8) is 0 Å². The van der Waals surface area contributed by atoms with Crippen LogP contribution in [0.1, 0.15) is 284 Å². The number of carbonyl (C=O) groups is 1. The molecule has 0 bridgehead atoms. The Morgan fingerprint density at radius 2 is 0.833 bits per heavy atom. The number of phosphoric acid groups is 1. The van der Waals surface area contributed by atoms with Gasteiger partial charge in [0.25, 0.3) is 7.82 Å². The summed E-state index contributed by atoms with van der Waals surface area (Å²) < 4.78 is 23.3. The van der Waals surface area contributed by atoms with E-state index in [4.69, 9.17) is 9.05 Å². The summed E-state index contributed by atoms with van der Waals surface area (Å²) in [7, 11) is 1.27. The van der Waals surface area contributed by atoms with Crippen molar-refractivity contribution in [2.24, 2.45) is 0 Å². The Morgan fingerprint density at radius 1 is 0.515 bits per heavy atom. The summed E-state index contributed by atoms with van der Waals surface area (Å²) in [5.41, 5.74) is 0. The predicted molar refractivity (Wildman–Crippen MR) is 284 cm³/mol. The van der Waals surface area contributed by atoms with E-state index in [9.17, 15) is 19.4 Å². The van der Waals surface area contributed by atoms with E-state index in [0.29, 0.717) is 17.4 Å². The van der Waals surface area contributed by atoms with Crippen LogP contribution in [0.5, 0.6) is 0 Å². The summed E-state index contributed by atoms with van der Waals surface area (Å²) in [5, 5.41) is 13.9. The van der Waals surface area contributed by atoms with Gasteiger partial charge in [0.15, 0.2) is 0 Å². The van der Waals surface area contributed by atoms with Crippen molar-refractivity contribution >= 4 is 13.7 Å². The highest BCUT2D eigenvalue weighted by molar-refractivity contribution is 7.45. The number of nitrogens with one attached hydrogen (secondary N) is 1. The van der Waals surface area contributed by atoms with Crippen LogP contribution in [0.3, 0.4) is 0 Å². The van der Waals surface area contributed by atoms with Gasteiger partial charge in [-0.15, -0.1) is 0 Å². The predicted octanol–water partition coefficient (Wildman–Crippen LogP) is 16.6. The maximum Gasteiger partial charge on any atom is 0.268 e. The van der Waals surface area contributed by atoms with Crippen molar-refractivity contribution in [3.05, 3.63) is 24.3 Å². The van der Waals surface area contributed by atoms with Gasteiger partial charge in [-0.05, 0) is 44.9 Å². The fourth-order valence-electron chi connectivity index (χ4n) is 8.62. The van der Waals surface area contributed by atoms with E-state index < -0.39 is 20.0 Å². The number of aliphatic hydroxyl groups is 1. The van der Waals surface area contributed by atoms with Crippen LogP contribution in [0.15, 0.2) is 24.3 Å². The molecular formula is C57H113N2O6P. The molecule has 3 unspecified atom stereocenters. The molecule has 0 fully saturated rings. The zero-order valence-corrected chi connectivity index (χ0v) is 45.6. The smallest absolute Gasteiger partial charge is 0.268 e. The van der Waals surface area contributed by atoms with Crippen molar-refractivity contribution in [2.45, 2.75) is 296 Å². The second-order valence-electron chi connectivity index (χ2n) is 21.0. The quantitative estimate of drug-likeness (QED) is 0.0272. The fourth-order valence-corrected chi connectivity index (χ4v) is 9.34. The van der Waals surface area contributed by atoms with Crippen molar-refractivity contribution < 1.29 is 32.9 Å². The number of allylic oxidation sites excluding steroid dienone is 3. The molecule has 3 atom stereocenters. The van der Waals surface area contributed by atoms with Crippen LogP contribution < -0.4 is 10.2 Å². The average Bonchev–Trinajstić information content (AvgIpc) is 3.28. The third kappa shape index (κ3) is 50.8. The van der Waals surface area contributed by atoms with Crippen molar-refractivity contribution in [1.29, 1.82) is 0 Å². The molecule has 9 heteroatoms. The Kier molecular flexibility index (Phi) is 48.2. The number of phosphoric ester groups is 1. The number of rotatable bonds is 53. The maximum absolute atomic E-state index is 12.9. The summed E-state index contributed by atoms with van der Waals surface area (Å²) in [4.78, 5) is 25.5. The molecule has 8 nitrogen and oxygen atoms in total. The van der Waals surface area contributed by atoms with E-state index in [1.165, 1.54) is 225 Å². The van der Waals surface area contributed by atoms with E-state index in [1.807, 2.05) is 27.2 Å². The van der Waals surface area contributed by atoms with E-state index in [1.54, 1.807) is 6.08 Å². The summed E-state index contributed by atoms with van der Waals surface area (Å²) >= 11 is 0. The van der Waals surface area contributed by atoms with E-state index in [-0.39, 0.29) is 19.1 Å². The summed E-state index contributed by atoms with van der Waals surface area (Å²) in [6.45, 7) is 4.68. The lowest BCUT2D eigenvalue weighted by atomic mass is 10.0. The van der Waals surface area contributed by atoms with Crippen molar-refractivity contribution in [2.75, 3.05) is 40.9 Å². The largest absolute Gasteiger partial charge is 0.756 e. The molecule has 1 amide bonds. The van der Waals surface area contributed by atoms with Crippen molar-refractivity contribution in [1.82, 2.24) is 5.32 Å². The first-order valence-electron chi connectivity index (χ1n) is 28.7. The fraction of sp³-hybridized carbons (Fsp3) is 0.912. The number of amides is 1. The number of quaternary nitrogens is 1. The first kappa shape index (κ1) is 65.0. The molecule has 0 spiro atoms. The molecular weight excluding hydrogens is 840 g/mol. The summed E-state index contributed by atoms with van der Waals surface area (Å²) in [6, 6.07) is -0.884. The van der Waals surface area contributed by atoms with Gasteiger partial charge in [0, 0.05) is 6.42 Å². The number of hydrogen-bond acceptors (Lipinski definition) is 6. The molecule has 0 radical (unpaired) electrons. The van der Waals surface area contributed by atoms with E-state index in [0.717, 1.165) is 38.5 Å². The molecule has 392 valence electrons. The number of likely N-dealkylation sites (N-methyl/N-ethyl adjacent to an activating group) is 1. The Labute approximate surface area is 411 Å². The molecule has 0 aromatic carbocycles. The Balaban J connectivity index is 4.09. The van der Waals surface area contributed by atoms with Gasteiger partial charge in [-0.1, -0.05) is 256 Å². The number of unbranched alkanes of at least 4 members (excludes halogenated alkanes) is 38. The standard InChI is InChI=1S/C57H113N2O6P/c1-6-8-10-12-14-16-18-20-22-23-24-25-26-27-28-29-30-31-32-33-34-35-37-39-41-43-45-47-49-51-57(61)58-55(54-65-66(62,63)64-53-52-59(3,4)5)56(60)50-48-46-44-42-40-38-36-21-19-17-15-13-11-9-7-2/h27-28,48,50,55-56,60H,6-26,29-47,49,51-54H2,1-5H3,(H-,58,61,62,63)/b28-27-,50-48+. The Bertz CT molecular complexity index is 1130. The van der Waals surface area contributed by atoms with Gasteiger partial charge in [0.1, 0.15) is 13.2 Å². The number of nitrogens with zero attached hydrogens (tertiary/aromatic N) is 1. The van der Waals surface area contributed by atoms with Gasteiger partial charge in [-0.25, -0.2) is 0 Å². The minimum absolute atomic E-state index is 0.000865. The molecule has 0 aromatic heterocycles. The number of hydrogen-bond donors (Lipinski definition) is 2. The molecule has 0 aliphatic carbocycles. The molecule has 0 aromatic rings. The van der Waals surface area contributed by atoms with Crippen molar-refractivity contribution in [3.8, 4) is 0 Å². The topological polar surface area (TPSA) is 108 Å². The van der Waals surface area contributed by atoms with Crippen LogP contribution in [0, 0.1) is 0 Å². The first-order chi connectivity index (χ1) is 32.0. The number of carbonyl (C=O) groups excluding carboxylic acids is 1. The third-order valence-corrected chi connectivity index (χ3v) is 14.1.